The Kier molecular flexibility index (Phi) is 2.65. The fraction of sp³-hybridized carbons (Fsp3) is 0.833. The van der Waals surface area contributed by atoms with E-state index in [0.717, 1.165) is 19.6 Å². The van der Waals surface area contributed by atoms with E-state index in [1.54, 1.807) is 0 Å². The van der Waals surface area contributed by atoms with Crippen molar-refractivity contribution in [2.24, 2.45) is 5.73 Å². The zero-order chi connectivity index (χ0) is 7.40. The normalized spacial score (nSPS) is 26.2. The molecule has 10 heavy (non-hydrogen) atoms. The molecular weight excluding hydrogens is 130 g/mol. The highest BCUT2D eigenvalue weighted by Crippen LogP contribution is 1.91. The number of hydrogen-bond acceptors (Lipinski definition) is 3. The topological polar surface area (TPSA) is 67.2 Å². The largest absolute Gasteiger partial charge is 0.370 e. The van der Waals surface area contributed by atoms with E-state index in [0.29, 0.717) is 6.42 Å². The number of primary amides is 1. The van der Waals surface area contributed by atoms with E-state index in [-0.39, 0.29) is 11.9 Å². The zero-order valence-corrected chi connectivity index (χ0v) is 5.89. The predicted octanol–water partition coefficient (Wildman–Crippen LogP) is -1.58. The Morgan fingerprint density at radius 1 is 1.60 bits per heavy atom. The van der Waals surface area contributed by atoms with Gasteiger partial charge in [-0.3, -0.25) is 4.79 Å². The quantitative estimate of drug-likeness (QED) is 0.437. The number of hydrogen-bond donors (Lipinski definition) is 3. The Morgan fingerprint density at radius 2 is 2.40 bits per heavy atom. The highest BCUT2D eigenvalue weighted by molar-refractivity contribution is 5.74. The second-order valence-corrected chi connectivity index (χ2v) is 2.53. The Hall–Kier alpha value is -0.610. The summed E-state index contributed by atoms with van der Waals surface area (Å²) < 4.78 is 0. The molecule has 1 aliphatic heterocycles. The van der Waals surface area contributed by atoms with Crippen molar-refractivity contribution in [3.63, 3.8) is 0 Å². The van der Waals surface area contributed by atoms with Gasteiger partial charge in [-0.05, 0) is 0 Å². The first-order valence-corrected chi connectivity index (χ1v) is 3.51. The van der Waals surface area contributed by atoms with Gasteiger partial charge in [0.05, 0.1) is 0 Å². The SMILES string of the molecule is NC(=O)C[C@H]1CNCCN1. The van der Waals surface area contributed by atoms with Gasteiger partial charge in [-0.15, -0.1) is 0 Å². The van der Waals surface area contributed by atoms with Crippen LogP contribution in [-0.2, 0) is 4.79 Å². The molecule has 4 N–H and O–H groups in total. The second-order valence-electron chi connectivity index (χ2n) is 2.53. The summed E-state index contributed by atoms with van der Waals surface area (Å²) >= 11 is 0. The number of nitrogens with two attached hydrogens (primary N) is 1. The van der Waals surface area contributed by atoms with E-state index in [1.807, 2.05) is 0 Å². The molecule has 4 heteroatoms. The smallest absolute Gasteiger partial charge is 0.219 e. The molecule has 0 bridgehead atoms. The fourth-order valence-electron chi connectivity index (χ4n) is 1.10. The third-order valence-corrected chi connectivity index (χ3v) is 1.57. The summed E-state index contributed by atoms with van der Waals surface area (Å²) in [7, 11) is 0. The first-order valence-electron chi connectivity index (χ1n) is 3.51. The molecule has 1 heterocycles. The molecule has 0 aromatic rings. The molecule has 1 atom stereocenters. The molecular formula is C6H13N3O. The summed E-state index contributed by atoms with van der Waals surface area (Å²) in [4.78, 5) is 10.4. The molecule has 58 valence electrons. The molecule has 1 amide bonds. The summed E-state index contributed by atoms with van der Waals surface area (Å²) in [5.41, 5.74) is 5.02. The minimum atomic E-state index is -0.235. The van der Waals surface area contributed by atoms with Gasteiger partial charge in [0.25, 0.3) is 0 Å². The van der Waals surface area contributed by atoms with Crippen molar-refractivity contribution in [2.75, 3.05) is 19.6 Å². The standard InChI is InChI=1S/C6H13N3O/c7-6(10)3-5-4-8-1-2-9-5/h5,8-9H,1-4H2,(H2,7,10)/t5-/m0/s1. The van der Waals surface area contributed by atoms with Crippen molar-refractivity contribution < 1.29 is 4.79 Å². The Balaban J connectivity index is 2.19. The summed E-state index contributed by atoms with van der Waals surface area (Å²) in [5.74, 6) is -0.235. The van der Waals surface area contributed by atoms with Crippen LogP contribution >= 0.6 is 0 Å². The van der Waals surface area contributed by atoms with Gasteiger partial charge in [0.1, 0.15) is 0 Å². The van der Waals surface area contributed by atoms with E-state index >= 15 is 0 Å². The van der Waals surface area contributed by atoms with E-state index < -0.39 is 0 Å². The molecule has 0 radical (unpaired) electrons. The van der Waals surface area contributed by atoms with Gasteiger partial charge in [-0.1, -0.05) is 0 Å². The Morgan fingerprint density at radius 3 is 2.90 bits per heavy atom. The Bertz CT molecular complexity index is 120. The van der Waals surface area contributed by atoms with Crippen LogP contribution in [0.25, 0.3) is 0 Å². The maximum atomic E-state index is 10.4. The van der Waals surface area contributed by atoms with Crippen molar-refractivity contribution in [2.45, 2.75) is 12.5 Å². The van der Waals surface area contributed by atoms with Crippen molar-refractivity contribution in [1.82, 2.24) is 10.6 Å². The summed E-state index contributed by atoms with van der Waals surface area (Å²) in [6.07, 6.45) is 0.438. The number of rotatable bonds is 2. The summed E-state index contributed by atoms with van der Waals surface area (Å²) in [6.45, 7) is 2.76. The average Bonchev–Trinajstić information content (AvgIpc) is 1.88. The molecule has 1 rings (SSSR count). The number of carbonyl (C=O) groups excluding carboxylic acids is 1. The van der Waals surface area contributed by atoms with E-state index in [4.69, 9.17) is 5.73 Å². The molecule has 1 fully saturated rings. The van der Waals surface area contributed by atoms with E-state index in [9.17, 15) is 4.79 Å². The predicted molar refractivity (Wildman–Crippen MR) is 38.5 cm³/mol. The van der Waals surface area contributed by atoms with Crippen LogP contribution in [-0.4, -0.2) is 31.6 Å². The zero-order valence-electron chi connectivity index (χ0n) is 5.89. The molecule has 0 aromatic carbocycles. The van der Waals surface area contributed by atoms with E-state index in [2.05, 4.69) is 10.6 Å². The van der Waals surface area contributed by atoms with Gasteiger partial charge >= 0.3 is 0 Å². The molecule has 0 spiro atoms. The van der Waals surface area contributed by atoms with Gasteiger partial charge in [0.15, 0.2) is 0 Å². The molecule has 1 aliphatic rings. The third-order valence-electron chi connectivity index (χ3n) is 1.57. The maximum absolute atomic E-state index is 10.4. The first-order chi connectivity index (χ1) is 4.79. The minimum Gasteiger partial charge on any atom is -0.370 e. The van der Waals surface area contributed by atoms with Crippen LogP contribution in [0.5, 0.6) is 0 Å². The molecule has 0 unspecified atom stereocenters. The lowest BCUT2D eigenvalue weighted by molar-refractivity contribution is -0.118. The average molecular weight is 143 g/mol. The summed E-state index contributed by atoms with van der Waals surface area (Å²) in [6, 6.07) is 0.242. The lowest BCUT2D eigenvalue weighted by Gasteiger charge is -2.22. The van der Waals surface area contributed by atoms with Gasteiger partial charge in [-0.2, -0.15) is 0 Å². The fourth-order valence-corrected chi connectivity index (χ4v) is 1.10. The minimum absolute atomic E-state index is 0.235. The molecule has 0 aliphatic carbocycles. The van der Waals surface area contributed by atoms with Crippen molar-refractivity contribution in [1.29, 1.82) is 0 Å². The van der Waals surface area contributed by atoms with Crippen LogP contribution in [0.4, 0.5) is 0 Å². The second kappa shape index (κ2) is 3.53. The first kappa shape index (κ1) is 7.50. The van der Waals surface area contributed by atoms with Crippen LogP contribution in [0.1, 0.15) is 6.42 Å². The van der Waals surface area contributed by atoms with Crippen molar-refractivity contribution >= 4 is 5.91 Å². The maximum Gasteiger partial charge on any atom is 0.219 e. The van der Waals surface area contributed by atoms with Crippen LogP contribution in [0, 0.1) is 0 Å². The van der Waals surface area contributed by atoms with Crippen molar-refractivity contribution in [3.05, 3.63) is 0 Å². The highest BCUT2D eigenvalue weighted by atomic mass is 16.1. The van der Waals surface area contributed by atoms with Crippen LogP contribution in [0.15, 0.2) is 0 Å². The Labute approximate surface area is 60.2 Å². The number of nitrogens with one attached hydrogen (secondary N) is 2. The molecule has 0 saturated carbocycles. The monoisotopic (exact) mass is 143 g/mol. The number of amides is 1. The lowest BCUT2D eigenvalue weighted by Crippen LogP contribution is -2.49. The third kappa shape index (κ3) is 2.33. The molecule has 1 saturated heterocycles. The van der Waals surface area contributed by atoms with Crippen LogP contribution in [0.3, 0.4) is 0 Å². The van der Waals surface area contributed by atoms with Crippen molar-refractivity contribution in [3.8, 4) is 0 Å². The summed E-state index contributed by atoms with van der Waals surface area (Å²) in [5, 5.41) is 6.36. The van der Waals surface area contributed by atoms with Crippen LogP contribution in [0.2, 0.25) is 0 Å². The molecule has 0 aromatic heterocycles. The van der Waals surface area contributed by atoms with Gasteiger partial charge < -0.3 is 16.4 Å². The highest BCUT2D eigenvalue weighted by Gasteiger charge is 2.13. The van der Waals surface area contributed by atoms with Crippen LogP contribution < -0.4 is 16.4 Å². The lowest BCUT2D eigenvalue weighted by atomic mass is 10.1. The number of piperazine rings is 1. The molecule has 4 nitrogen and oxygen atoms in total. The van der Waals surface area contributed by atoms with E-state index in [1.165, 1.54) is 0 Å². The van der Waals surface area contributed by atoms with Gasteiger partial charge in [-0.25, -0.2) is 0 Å². The van der Waals surface area contributed by atoms with Gasteiger partial charge in [0.2, 0.25) is 5.91 Å². The van der Waals surface area contributed by atoms with Gasteiger partial charge in [0, 0.05) is 32.1 Å². The number of carbonyl (C=O) groups is 1.